The number of benzene rings is 2. The lowest BCUT2D eigenvalue weighted by molar-refractivity contribution is -0.151. The number of hydrogen-bond acceptors (Lipinski definition) is 5. The van der Waals surface area contributed by atoms with Crippen molar-refractivity contribution in [3.05, 3.63) is 59.2 Å². The predicted octanol–water partition coefficient (Wildman–Crippen LogP) is 3.21. The second-order valence-electron chi connectivity index (χ2n) is 6.75. The monoisotopic (exact) mass is 414 g/mol. The summed E-state index contributed by atoms with van der Waals surface area (Å²) in [6, 6.07) is 13.2. The fourth-order valence-corrected chi connectivity index (χ4v) is 3.18. The van der Waals surface area contributed by atoms with Gasteiger partial charge in [0, 0.05) is 11.9 Å². The molecule has 2 aromatic carbocycles. The lowest BCUT2D eigenvalue weighted by Gasteiger charge is -2.17. The zero-order valence-corrected chi connectivity index (χ0v) is 18.0. The van der Waals surface area contributed by atoms with Crippen molar-refractivity contribution >= 4 is 35.2 Å². The molecule has 0 atom stereocenters. The maximum Gasteiger partial charge on any atom is 0.310 e. The van der Waals surface area contributed by atoms with Gasteiger partial charge >= 0.3 is 5.97 Å². The summed E-state index contributed by atoms with van der Waals surface area (Å²) < 4.78 is 5.07. The highest BCUT2D eigenvalue weighted by Crippen LogP contribution is 2.24. The third-order valence-electron chi connectivity index (χ3n) is 4.46. The van der Waals surface area contributed by atoms with Gasteiger partial charge in [0.15, 0.2) is 6.61 Å². The minimum atomic E-state index is -0.478. The van der Waals surface area contributed by atoms with Crippen LogP contribution in [0.5, 0.6) is 0 Å². The van der Waals surface area contributed by atoms with Crippen molar-refractivity contribution in [2.45, 2.75) is 25.2 Å². The molecule has 0 heterocycles. The normalized spacial score (nSPS) is 10.3. The largest absolute Gasteiger partial charge is 0.455 e. The number of anilines is 1. The van der Waals surface area contributed by atoms with Gasteiger partial charge in [-0.3, -0.25) is 14.4 Å². The highest BCUT2D eigenvalue weighted by molar-refractivity contribution is 7.98. The van der Waals surface area contributed by atoms with Gasteiger partial charge in [0.1, 0.15) is 0 Å². The van der Waals surface area contributed by atoms with Crippen LogP contribution in [0.25, 0.3) is 0 Å². The summed E-state index contributed by atoms with van der Waals surface area (Å²) in [6.45, 7) is 3.46. The van der Waals surface area contributed by atoms with Gasteiger partial charge < -0.3 is 15.0 Å². The number of likely N-dealkylation sites (N-methyl/N-ethyl adjacent to an activating group) is 1. The maximum atomic E-state index is 12.2. The van der Waals surface area contributed by atoms with Gasteiger partial charge in [-0.05, 0) is 48.9 Å². The number of carbonyl (C=O) groups is 3. The molecular weight excluding hydrogens is 388 g/mol. The number of para-hydroxylation sites is 1. The van der Waals surface area contributed by atoms with Gasteiger partial charge in [0.05, 0.1) is 18.7 Å². The first-order valence-corrected chi connectivity index (χ1v) is 10.4. The molecule has 2 amide bonds. The van der Waals surface area contributed by atoms with Gasteiger partial charge in [-0.1, -0.05) is 30.3 Å². The zero-order valence-electron chi connectivity index (χ0n) is 17.2. The standard InChI is InChI=1S/C22H26N2O4S/c1-15-9-10-17(11-16(15)2)12-22(27)28-14-21(26)24(3)13-20(25)23-18-7-5-6-8-19(18)29-4/h5-11H,12-14H2,1-4H3,(H,23,25). The topological polar surface area (TPSA) is 75.7 Å². The molecule has 0 aliphatic rings. The van der Waals surface area contributed by atoms with E-state index in [4.69, 9.17) is 4.74 Å². The number of amides is 2. The Labute approximate surface area is 175 Å². The number of esters is 1. The lowest BCUT2D eigenvalue weighted by Crippen LogP contribution is -2.37. The number of carbonyl (C=O) groups excluding carboxylic acids is 3. The molecule has 29 heavy (non-hydrogen) atoms. The molecule has 0 saturated carbocycles. The fourth-order valence-electron chi connectivity index (χ4n) is 2.62. The summed E-state index contributed by atoms with van der Waals surface area (Å²) in [7, 11) is 1.50. The van der Waals surface area contributed by atoms with E-state index < -0.39 is 18.5 Å². The summed E-state index contributed by atoms with van der Waals surface area (Å²) in [6.07, 6.45) is 2.02. The molecule has 0 bridgehead atoms. The molecule has 0 aliphatic carbocycles. The van der Waals surface area contributed by atoms with Crippen LogP contribution in [0.15, 0.2) is 47.4 Å². The van der Waals surface area contributed by atoms with Crippen LogP contribution in [-0.2, 0) is 25.5 Å². The first kappa shape index (κ1) is 22.5. The predicted molar refractivity (Wildman–Crippen MR) is 115 cm³/mol. The summed E-state index contributed by atoms with van der Waals surface area (Å²) in [4.78, 5) is 38.6. The van der Waals surface area contributed by atoms with Gasteiger partial charge in [0.2, 0.25) is 5.91 Å². The van der Waals surface area contributed by atoms with Crippen molar-refractivity contribution in [1.82, 2.24) is 4.90 Å². The Balaban J connectivity index is 1.79. The van der Waals surface area contributed by atoms with E-state index in [9.17, 15) is 14.4 Å². The van der Waals surface area contributed by atoms with Crippen LogP contribution >= 0.6 is 11.8 Å². The summed E-state index contributed by atoms with van der Waals surface area (Å²) in [5.41, 5.74) is 3.79. The van der Waals surface area contributed by atoms with E-state index in [1.807, 2.05) is 56.5 Å². The Morgan fingerprint density at radius 2 is 1.79 bits per heavy atom. The number of nitrogens with zero attached hydrogens (tertiary/aromatic N) is 1. The Kier molecular flexibility index (Phi) is 8.27. The highest BCUT2D eigenvalue weighted by Gasteiger charge is 2.16. The summed E-state index contributed by atoms with van der Waals surface area (Å²) in [5, 5.41) is 2.79. The highest BCUT2D eigenvalue weighted by atomic mass is 32.2. The number of hydrogen-bond donors (Lipinski definition) is 1. The third-order valence-corrected chi connectivity index (χ3v) is 5.26. The van der Waals surface area contributed by atoms with E-state index in [-0.39, 0.29) is 18.9 Å². The van der Waals surface area contributed by atoms with Crippen molar-refractivity contribution in [1.29, 1.82) is 0 Å². The summed E-state index contributed by atoms with van der Waals surface area (Å²) in [5.74, 6) is -1.23. The van der Waals surface area contributed by atoms with Crippen LogP contribution in [-0.4, -0.2) is 49.1 Å². The molecule has 0 unspecified atom stereocenters. The Bertz CT molecular complexity index is 898. The third kappa shape index (κ3) is 6.94. The van der Waals surface area contributed by atoms with Gasteiger partial charge in [-0.2, -0.15) is 0 Å². The molecular formula is C22H26N2O4S. The van der Waals surface area contributed by atoms with Crippen LogP contribution < -0.4 is 5.32 Å². The number of aryl methyl sites for hydroxylation is 2. The van der Waals surface area contributed by atoms with Crippen molar-refractivity contribution in [2.75, 3.05) is 31.8 Å². The van der Waals surface area contributed by atoms with Crippen LogP contribution in [0.4, 0.5) is 5.69 Å². The Hall–Kier alpha value is -2.80. The fraction of sp³-hybridized carbons (Fsp3) is 0.318. The second-order valence-corrected chi connectivity index (χ2v) is 7.60. The SMILES string of the molecule is CSc1ccccc1NC(=O)CN(C)C(=O)COC(=O)Cc1ccc(C)c(C)c1. The molecule has 6 nitrogen and oxygen atoms in total. The van der Waals surface area contributed by atoms with Crippen LogP contribution in [0, 0.1) is 13.8 Å². The van der Waals surface area contributed by atoms with E-state index in [0.29, 0.717) is 5.69 Å². The first-order chi connectivity index (χ1) is 13.8. The second kappa shape index (κ2) is 10.7. The van der Waals surface area contributed by atoms with Crippen LogP contribution in [0.1, 0.15) is 16.7 Å². The summed E-state index contributed by atoms with van der Waals surface area (Å²) >= 11 is 1.52. The number of thioether (sulfide) groups is 1. The molecule has 2 aromatic rings. The number of ether oxygens (including phenoxy) is 1. The average molecular weight is 415 g/mol. The Morgan fingerprint density at radius 3 is 2.48 bits per heavy atom. The minimum Gasteiger partial charge on any atom is -0.455 e. The lowest BCUT2D eigenvalue weighted by atomic mass is 10.0. The zero-order chi connectivity index (χ0) is 21.4. The molecule has 0 aliphatic heterocycles. The van der Waals surface area contributed by atoms with Gasteiger partial charge in [0.25, 0.3) is 5.91 Å². The number of rotatable bonds is 8. The minimum absolute atomic E-state index is 0.101. The molecule has 154 valence electrons. The van der Waals surface area contributed by atoms with Gasteiger partial charge in [-0.15, -0.1) is 11.8 Å². The molecule has 0 spiro atoms. The average Bonchev–Trinajstić information content (AvgIpc) is 2.69. The van der Waals surface area contributed by atoms with Crippen LogP contribution in [0.2, 0.25) is 0 Å². The van der Waals surface area contributed by atoms with Crippen molar-refractivity contribution in [3.8, 4) is 0 Å². The quantitative estimate of drug-likeness (QED) is 0.530. The Morgan fingerprint density at radius 1 is 1.07 bits per heavy atom. The smallest absolute Gasteiger partial charge is 0.310 e. The molecule has 7 heteroatoms. The van der Waals surface area contributed by atoms with E-state index in [2.05, 4.69) is 5.32 Å². The van der Waals surface area contributed by atoms with E-state index in [0.717, 1.165) is 21.6 Å². The van der Waals surface area contributed by atoms with Crippen molar-refractivity contribution in [3.63, 3.8) is 0 Å². The maximum absolute atomic E-state index is 12.2. The molecule has 2 rings (SSSR count). The molecule has 0 aromatic heterocycles. The molecule has 0 saturated heterocycles. The molecule has 0 radical (unpaired) electrons. The van der Waals surface area contributed by atoms with Crippen molar-refractivity contribution < 1.29 is 19.1 Å². The van der Waals surface area contributed by atoms with E-state index in [1.165, 1.54) is 23.7 Å². The van der Waals surface area contributed by atoms with E-state index >= 15 is 0 Å². The van der Waals surface area contributed by atoms with Crippen LogP contribution in [0.3, 0.4) is 0 Å². The first-order valence-electron chi connectivity index (χ1n) is 9.18. The van der Waals surface area contributed by atoms with E-state index in [1.54, 1.807) is 6.07 Å². The molecule has 1 N–H and O–H groups in total. The molecule has 0 fully saturated rings. The van der Waals surface area contributed by atoms with Crippen molar-refractivity contribution in [2.24, 2.45) is 0 Å². The number of nitrogens with one attached hydrogen (secondary N) is 1. The van der Waals surface area contributed by atoms with Gasteiger partial charge in [-0.25, -0.2) is 0 Å².